The van der Waals surface area contributed by atoms with Gasteiger partial charge in [-0.2, -0.15) is 10.2 Å². The van der Waals surface area contributed by atoms with E-state index < -0.39 is 0 Å². The third-order valence-corrected chi connectivity index (χ3v) is 0.741. The van der Waals surface area contributed by atoms with E-state index in [0.717, 1.165) is 0 Å². The molecular formula is C5H4N2O2. The van der Waals surface area contributed by atoms with Gasteiger partial charge in [0.05, 0.1) is 12.4 Å². The van der Waals surface area contributed by atoms with E-state index in [1.807, 2.05) is 0 Å². The number of hydrogen-bond donors (Lipinski definition) is 0. The van der Waals surface area contributed by atoms with Crippen LogP contribution in [0.3, 0.4) is 0 Å². The quantitative estimate of drug-likeness (QED) is 0.521. The summed E-state index contributed by atoms with van der Waals surface area (Å²) in [6, 6.07) is 1.54. The largest absolute Gasteiger partial charge is 0.427 e. The van der Waals surface area contributed by atoms with E-state index in [1.54, 1.807) is 6.07 Å². The third-order valence-electron chi connectivity index (χ3n) is 0.741. The van der Waals surface area contributed by atoms with Crippen LogP contribution in [0.2, 0.25) is 0 Å². The maximum Gasteiger partial charge on any atom is 0.298 e. The van der Waals surface area contributed by atoms with Crippen LogP contribution < -0.4 is 4.74 Å². The molecule has 0 aliphatic carbocycles. The van der Waals surface area contributed by atoms with E-state index >= 15 is 0 Å². The Bertz CT molecular complexity index is 187. The first-order chi connectivity index (χ1) is 4.43. The van der Waals surface area contributed by atoms with Gasteiger partial charge in [-0.15, -0.1) is 0 Å². The second kappa shape index (κ2) is 2.76. The zero-order valence-corrected chi connectivity index (χ0v) is 4.52. The first-order valence-corrected chi connectivity index (χ1v) is 2.30. The van der Waals surface area contributed by atoms with Gasteiger partial charge in [0.15, 0.2) is 5.75 Å². The van der Waals surface area contributed by atoms with Crippen LogP contribution in [0.5, 0.6) is 5.75 Å². The van der Waals surface area contributed by atoms with Gasteiger partial charge in [-0.3, -0.25) is 4.79 Å². The van der Waals surface area contributed by atoms with Crippen molar-refractivity contribution in [3.63, 3.8) is 0 Å². The molecular weight excluding hydrogens is 120 g/mol. The van der Waals surface area contributed by atoms with Crippen molar-refractivity contribution >= 4 is 6.47 Å². The Hall–Kier alpha value is -1.45. The smallest absolute Gasteiger partial charge is 0.298 e. The monoisotopic (exact) mass is 124 g/mol. The molecule has 0 aromatic carbocycles. The van der Waals surface area contributed by atoms with E-state index in [2.05, 4.69) is 14.9 Å². The SMILES string of the molecule is O=COc1ccnnc1. The molecule has 0 spiro atoms. The molecule has 1 aromatic rings. The fourth-order valence-electron chi connectivity index (χ4n) is 0.404. The molecule has 0 radical (unpaired) electrons. The highest BCUT2D eigenvalue weighted by Crippen LogP contribution is 2.01. The standard InChI is InChI=1S/C5H4N2O2/c8-4-9-5-1-2-6-7-3-5/h1-4H. The van der Waals surface area contributed by atoms with Crippen molar-refractivity contribution in [3.05, 3.63) is 18.5 Å². The lowest BCUT2D eigenvalue weighted by Crippen LogP contribution is -1.88. The van der Waals surface area contributed by atoms with Gasteiger partial charge in [0.1, 0.15) is 0 Å². The van der Waals surface area contributed by atoms with Gasteiger partial charge in [0.25, 0.3) is 6.47 Å². The number of carbonyl (C=O) groups excluding carboxylic acids is 1. The minimum Gasteiger partial charge on any atom is -0.427 e. The van der Waals surface area contributed by atoms with Gasteiger partial charge >= 0.3 is 0 Å². The van der Waals surface area contributed by atoms with Crippen molar-refractivity contribution in [2.75, 3.05) is 0 Å². The summed E-state index contributed by atoms with van der Waals surface area (Å²) in [5.41, 5.74) is 0. The Morgan fingerprint density at radius 2 is 2.44 bits per heavy atom. The predicted molar refractivity (Wildman–Crippen MR) is 28.7 cm³/mol. The second-order valence-corrected chi connectivity index (χ2v) is 1.29. The highest BCUT2D eigenvalue weighted by atomic mass is 16.5. The summed E-state index contributed by atoms with van der Waals surface area (Å²) in [5, 5.41) is 6.95. The van der Waals surface area contributed by atoms with E-state index in [4.69, 9.17) is 0 Å². The van der Waals surface area contributed by atoms with Gasteiger partial charge in [-0.05, 0) is 0 Å². The molecule has 0 fully saturated rings. The van der Waals surface area contributed by atoms with Crippen molar-refractivity contribution in [2.24, 2.45) is 0 Å². The topological polar surface area (TPSA) is 52.1 Å². The summed E-state index contributed by atoms with van der Waals surface area (Å²) in [4.78, 5) is 9.70. The highest BCUT2D eigenvalue weighted by Gasteiger charge is 1.86. The number of carbonyl (C=O) groups is 1. The molecule has 0 saturated carbocycles. The van der Waals surface area contributed by atoms with Gasteiger partial charge < -0.3 is 4.74 Å². The Morgan fingerprint density at radius 3 is 3.00 bits per heavy atom. The summed E-state index contributed by atoms with van der Waals surface area (Å²) < 4.78 is 4.42. The molecule has 1 rings (SSSR count). The van der Waals surface area contributed by atoms with Crippen LogP contribution in [-0.2, 0) is 4.79 Å². The summed E-state index contributed by atoms with van der Waals surface area (Å²) in [5.74, 6) is 0.403. The van der Waals surface area contributed by atoms with Crippen molar-refractivity contribution in [1.82, 2.24) is 10.2 Å². The minimum absolute atomic E-state index is 0.344. The fraction of sp³-hybridized carbons (Fsp3) is 0. The predicted octanol–water partition coefficient (Wildman–Crippen LogP) is 0.0118. The van der Waals surface area contributed by atoms with Gasteiger partial charge in [-0.1, -0.05) is 0 Å². The van der Waals surface area contributed by atoms with Gasteiger partial charge in [0, 0.05) is 6.07 Å². The van der Waals surface area contributed by atoms with Crippen LogP contribution in [0.4, 0.5) is 0 Å². The van der Waals surface area contributed by atoms with Crippen LogP contribution in [0.1, 0.15) is 0 Å². The first-order valence-electron chi connectivity index (χ1n) is 2.30. The molecule has 0 N–H and O–H groups in total. The average molecular weight is 124 g/mol. The first kappa shape index (κ1) is 5.68. The molecule has 46 valence electrons. The lowest BCUT2D eigenvalue weighted by atomic mass is 10.5. The van der Waals surface area contributed by atoms with Crippen molar-refractivity contribution < 1.29 is 9.53 Å². The van der Waals surface area contributed by atoms with E-state index in [0.29, 0.717) is 12.2 Å². The van der Waals surface area contributed by atoms with Gasteiger partial charge in [-0.25, -0.2) is 0 Å². The van der Waals surface area contributed by atoms with Crippen LogP contribution >= 0.6 is 0 Å². The minimum atomic E-state index is 0.344. The molecule has 0 amide bonds. The Kier molecular flexibility index (Phi) is 1.74. The van der Waals surface area contributed by atoms with Crippen LogP contribution in [0, 0.1) is 0 Å². The molecule has 0 saturated heterocycles. The summed E-state index contributed by atoms with van der Waals surface area (Å²) >= 11 is 0. The van der Waals surface area contributed by atoms with E-state index in [-0.39, 0.29) is 0 Å². The summed E-state index contributed by atoms with van der Waals surface area (Å²) in [7, 11) is 0. The fourth-order valence-corrected chi connectivity index (χ4v) is 0.404. The molecule has 4 nitrogen and oxygen atoms in total. The third kappa shape index (κ3) is 1.49. The second-order valence-electron chi connectivity index (χ2n) is 1.29. The summed E-state index contributed by atoms with van der Waals surface area (Å²) in [6.07, 6.45) is 2.80. The zero-order valence-electron chi connectivity index (χ0n) is 4.52. The molecule has 9 heavy (non-hydrogen) atoms. The van der Waals surface area contributed by atoms with Crippen molar-refractivity contribution in [2.45, 2.75) is 0 Å². The molecule has 0 unspecified atom stereocenters. The lowest BCUT2D eigenvalue weighted by Gasteiger charge is -1.90. The molecule has 1 aromatic heterocycles. The molecule has 0 bridgehead atoms. The number of aromatic nitrogens is 2. The van der Waals surface area contributed by atoms with Crippen molar-refractivity contribution in [3.8, 4) is 5.75 Å². The average Bonchev–Trinajstić information content (AvgIpc) is 1.91. The molecule has 4 heteroatoms. The number of hydrogen-bond acceptors (Lipinski definition) is 4. The molecule has 0 aliphatic heterocycles. The number of ether oxygens (including phenoxy) is 1. The Labute approximate surface area is 51.5 Å². The molecule has 0 aliphatic rings. The van der Waals surface area contributed by atoms with Crippen molar-refractivity contribution in [1.29, 1.82) is 0 Å². The number of nitrogens with zero attached hydrogens (tertiary/aromatic N) is 2. The van der Waals surface area contributed by atoms with Crippen LogP contribution in [-0.4, -0.2) is 16.7 Å². The number of rotatable bonds is 2. The van der Waals surface area contributed by atoms with Gasteiger partial charge in [0.2, 0.25) is 0 Å². The lowest BCUT2D eigenvalue weighted by molar-refractivity contribution is -0.120. The van der Waals surface area contributed by atoms with E-state index in [1.165, 1.54) is 12.4 Å². The highest BCUT2D eigenvalue weighted by molar-refractivity contribution is 5.43. The molecule has 1 heterocycles. The van der Waals surface area contributed by atoms with E-state index in [9.17, 15) is 4.79 Å². The summed E-state index contributed by atoms with van der Waals surface area (Å²) in [6.45, 7) is 0.344. The van der Waals surface area contributed by atoms with Crippen LogP contribution in [0.25, 0.3) is 0 Å². The Morgan fingerprint density at radius 1 is 1.56 bits per heavy atom. The maximum absolute atomic E-state index is 9.70. The molecule has 0 atom stereocenters. The Balaban J connectivity index is 2.72. The normalized spacial score (nSPS) is 8.44. The zero-order chi connectivity index (χ0) is 6.53. The van der Waals surface area contributed by atoms with Crippen LogP contribution in [0.15, 0.2) is 18.5 Å². The maximum atomic E-state index is 9.70.